The van der Waals surface area contributed by atoms with Gasteiger partial charge in [0.1, 0.15) is 10.9 Å². The molecule has 2 heterocycles. The van der Waals surface area contributed by atoms with Gasteiger partial charge >= 0.3 is 5.97 Å². The highest BCUT2D eigenvalue weighted by atomic mass is 32.2. The highest BCUT2D eigenvalue weighted by molar-refractivity contribution is 7.89. The summed E-state index contributed by atoms with van der Waals surface area (Å²) in [5, 5.41) is 12.0. The third kappa shape index (κ3) is 8.57. The lowest BCUT2D eigenvalue weighted by Crippen LogP contribution is -2.55. The smallest absolute Gasteiger partial charge is 0.303 e. The summed E-state index contributed by atoms with van der Waals surface area (Å²) in [6.07, 6.45) is 3.02. The number of aliphatic carboxylic acids is 1. The van der Waals surface area contributed by atoms with E-state index in [0.717, 1.165) is 24.9 Å². The van der Waals surface area contributed by atoms with E-state index in [-0.39, 0.29) is 36.1 Å². The van der Waals surface area contributed by atoms with Gasteiger partial charge in [0.25, 0.3) is 0 Å². The molecule has 0 bridgehead atoms. The number of carbonyl (C=O) groups is 2. The van der Waals surface area contributed by atoms with Crippen molar-refractivity contribution < 1.29 is 23.1 Å². The van der Waals surface area contributed by atoms with E-state index in [4.69, 9.17) is 16.6 Å². The van der Waals surface area contributed by atoms with Crippen LogP contribution in [-0.2, 0) is 26.0 Å². The fourth-order valence-corrected chi connectivity index (χ4v) is 6.36. The number of carboxylic acids is 1. The van der Waals surface area contributed by atoms with Crippen molar-refractivity contribution in [2.45, 2.75) is 56.4 Å². The number of sulfonamides is 1. The van der Waals surface area contributed by atoms with E-state index in [1.165, 1.54) is 0 Å². The molecule has 212 valence electrons. The summed E-state index contributed by atoms with van der Waals surface area (Å²) in [5.41, 5.74) is 12.4. The lowest BCUT2D eigenvalue weighted by Gasteiger charge is -2.36. The van der Waals surface area contributed by atoms with Crippen molar-refractivity contribution in [2.24, 2.45) is 22.4 Å². The van der Waals surface area contributed by atoms with E-state index < -0.39 is 22.0 Å². The number of aliphatic imine (C=N–C) groups is 1. The average molecular weight is 552 g/mol. The molecular weight excluding hydrogens is 510 g/mol. The van der Waals surface area contributed by atoms with Gasteiger partial charge < -0.3 is 26.8 Å². The first-order valence-corrected chi connectivity index (χ1v) is 14.7. The first-order chi connectivity index (χ1) is 18.1. The van der Waals surface area contributed by atoms with Crippen molar-refractivity contribution in [2.75, 3.05) is 51.1 Å². The molecule has 12 nitrogen and oxygen atoms in total. The van der Waals surface area contributed by atoms with Crippen LogP contribution < -0.4 is 21.5 Å². The third-order valence-electron chi connectivity index (χ3n) is 6.94. The van der Waals surface area contributed by atoms with Gasteiger partial charge in [-0.2, -0.15) is 4.72 Å². The number of piperazine rings is 1. The monoisotopic (exact) mass is 551 g/mol. The molecule has 1 unspecified atom stereocenters. The number of nitrogens with two attached hydrogens (primary N) is 2. The van der Waals surface area contributed by atoms with Gasteiger partial charge in [-0.3, -0.25) is 19.5 Å². The second-order valence-corrected chi connectivity index (χ2v) is 11.8. The van der Waals surface area contributed by atoms with Crippen LogP contribution in [0.5, 0.6) is 0 Å². The number of nitrogens with zero attached hydrogens (tertiary/aromatic N) is 3. The number of carbonyl (C=O) groups excluding carboxylic acids is 1. The minimum Gasteiger partial charge on any atom is -0.481 e. The predicted molar refractivity (Wildman–Crippen MR) is 146 cm³/mol. The standard InChI is InChI=1S/C25H41N7O5S/c1-18-16-19-6-4-8-21(23(19)29-17-18)38(36,37)30-20(7-5-10-28-25(26)27)24(35)32-14-12-31(13-15-32)11-3-2-9-22(33)34/h4,6,8,18,20,29-30H,2-3,5,7,9-17H2,1H3,(H,33,34)(H4,26,27,28)/t18-,20?/m0/s1. The number of rotatable bonds is 13. The molecule has 13 heteroatoms. The minimum absolute atomic E-state index is 0.0517. The van der Waals surface area contributed by atoms with Crippen LogP contribution in [0.25, 0.3) is 0 Å². The Bertz CT molecular complexity index is 1100. The predicted octanol–water partition coefficient (Wildman–Crippen LogP) is 0.390. The Kier molecular flexibility index (Phi) is 10.7. The van der Waals surface area contributed by atoms with E-state index in [9.17, 15) is 18.0 Å². The van der Waals surface area contributed by atoms with Gasteiger partial charge in [-0.1, -0.05) is 19.1 Å². The van der Waals surface area contributed by atoms with E-state index in [0.29, 0.717) is 57.2 Å². The molecular formula is C25H41N7O5S. The molecule has 0 aromatic heterocycles. The number of amides is 1. The third-order valence-corrected chi connectivity index (χ3v) is 8.45. The second-order valence-electron chi connectivity index (χ2n) is 10.1. The fourth-order valence-electron chi connectivity index (χ4n) is 4.91. The number of hydrogen-bond acceptors (Lipinski definition) is 7. The SMILES string of the molecule is C[C@@H]1CNc2c(cccc2S(=O)(=O)NC(CCCN=C(N)N)C(=O)N2CCN(CCCCC(=O)O)CC2)C1. The summed E-state index contributed by atoms with van der Waals surface area (Å²) in [4.78, 5) is 32.2. The molecule has 38 heavy (non-hydrogen) atoms. The van der Waals surface area contributed by atoms with Crippen LogP contribution in [0.3, 0.4) is 0 Å². The van der Waals surface area contributed by atoms with Crippen LogP contribution >= 0.6 is 0 Å². The molecule has 1 aromatic carbocycles. The minimum atomic E-state index is -3.99. The maximum atomic E-state index is 13.5. The lowest BCUT2D eigenvalue weighted by molar-refractivity contribution is -0.137. The van der Waals surface area contributed by atoms with Gasteiger partial charge in [-0.05, 0) is 56.2 Å². The van der Waals surface area contributed by atoms with Crippen LogP contribution in [0.4, 0.5) is 5.69 Å². The largest absolute Gasteiger partial charge is 0.481 e. The van der Waals surface area contributed by atoms with Crippen molar-refractivity contribution in [3.05, 3.63) is 23.8 Å². The average Bonchev–Trinajstić information content (AvgIpc) is 2.87. The highest BCUT2D eigenvalue weighted by Gasteiger charge is 2.32. The molecule has 2 aliphatic rings. The molecule has 0 spiro atoms. The van der Waals surface area contributed by atoms with Crippen LogP contribution in [-0.4, -0.2) is 93.0 Å². The summed E-state index contributed by atoms with van der Waals surface area (Å²) >= 11 is 0. The second kappa shape index (κ2) is 13.8. The van der Waals surface area contributed by atoms with Gasteiger partial charge in [0.2, 0.25) is 15.9 Å². The van der Waals surface area contributed by atoms with Gasteiger partial charge in [0.15, 0.2) is 5.96 Å². The zero-order valence-electron chi connectivity index (χ0n) is 22.1. The maximum Gasteiger partial charge on any atom is 0.303 e. The molecule has 3 rings (SSSR count). The Labute approximate surface area is 224 Å². The number of unbranched alkanes of at least 4 members (excludes halogenated alkanes) is 1. The summed E-state index contributed by atoms with van der Waals surface area (Å²) in [6.45, 7) is 6.11. The summed E-state index contributed by atoms with van der Waals surface area (Å²) in [6, 6.07) is 4.28. The molecule has 0 aliphatic carbocycles. The summed E-state index contributed by atoms with van der Waals surface area (Å²) in [5.74, 6) is -0.719. The number of para-hydroxylation sites is 1. The Morgan fingerprint density at radius 2 is 1.92 bits per heavy atom. The molecule has 2 atom stereocenters. The molecule has 0 radical (unpaired) electrons. The molecule has 7 N–H and O–H groups in total. The summed E-state index contributed by atoms with van der Waals surface area (Å²) < 4.78 is 29.7. The van der Waals surface area contributed by atoms with Gasteiger partial charge in [-0.25, -0.2) is 8.42 Å². The quantitative estimate of drug-likeness (QED) is 0.131. The number of nitrogens with one attached hydrogen (secondary N) is 2. The number of guanidine groups is 1. The van der Waals surface area contributed by atoms with Crippen LogP contribution in [0.15, 0.2) is 28.1 Å². The number of carboxylic acid groups (broad SMARTS) is 1. The Hall–Kier alpha value is -2.90. The Morgan fingerprint density at radius 3 is 2.61 bits per heavy atom. The molecule has 1 fully saturated rings. The van der Waals surface area contributed by atoms with E-state index in [1.807, 2.05) is 6.07 Å². The highest BCUT2D eigenvalue weighted by Crippen LogP contribution is 2.31. The van der Waals surface area contributed by atoms with E-state index in [1.54, 1.807) is 17.0 Å². The molecule has 0 saturated carbocycles. The lowest BCUT2D eigenvalue weighted by atomic mass is 9.96. The maximum absolute atomic E-state index is 13.5. The van der Waals surface area contributed by atoms with Crippen molar-refractivity contribution in [3.8, 4) is 0 Å². The van der Waals surface area contributed by atoms with Crippen LogP contribution in [0.2, 0.25) is 0 Å². The van der Waals surface area contributed by atoms with Crippen molar-refractivity contribution in [1.82, 2.24) is 14.5 Å². The normalized spacial score (nSPS) is 18.8. The Balaban J connectivity index is 1.68. The molecule has 1 amide bonds. The zero-order valence-corrected chi connectivity index (χ0v) is 22.9. The van der Waals surface area contributed by atoms with Gasteiger partial charge in [0, 0.05) is 45.7 Å². The first-order valence-electron chi connectivity index (χ1n) is 13.2. The number of hydrogen-bond donors (Lipinski definition) is 5. The van der Waals surface area contributed by atoms with Crippen molar-refractivity contribution in [3.63, 3.8) is 0 Å². The number of fused-ring (bicyclic) bond motifs is 1. The number of benzene rings is 1. The van der Waals surface area contributed by atoms with E-state index >= 15 is 0 Å². The fraction of sp³-hybridized carbons (Fsp3) is 0.640. The molecule has 1 saturated heterocycles. The van der Waals surface area contributed by atoms with E-state index in [2.05, 4.69) is 26.9 Å². The van der Waals surface area contributed by atoms with Gasteiger partial charge in [-0.15, -0.1) is 0 Å². The first kappa shape index (κ1) is 29.7. The number of anilines is 1. The van der Waals surface area contributed by atoms with Crippen molar-refractivity contribution >= 4 is 33.5 Å². The van der Waals surface area contributed by atoms with Crippen LogP contribution in [0.1, 0.15) is 44.6 Å². The van der Waals surface area contributed by atoms with Gasteiger partial charge in [0.05, 0.1) is 5.69 Å². The molecule has 1 aromatic rings. The molecule has 2 aliphatic heterocycles. The summed E-state index contributed by atoms with van der Waals surface area (Å²) in [7, 11) is -3.99. The van der Waals surface area contributed by atoms with Crippen LogP contribution in [0, 0.1) is 5.92 Å². The Morgan fingerprint density at radius 1 is 1.18 bits per heavy atom. The topological polar surface area (TPSA) is 183 Å². The zero-order chi connectivity index (χ0) is 27.7. The van der Waals surface area contributed by atoms with Crippen molar-refractivity contribution in [1.29, 1.82) is 0 Å².